The van der Waals surface area contributed by atoms with E-state index < -0.39 is 6.10 Å². The number of aliphatic hydroxyl groups excluding tert-OH is 1. The first-order chi connectivity index (χ1) is 14.7. The predicted molar refractivity (Wildman–Crippen MR) is 118 cm³/mol. The molecule has 3 aromatic carbocycles. The number of methoxy groups -OCH3 is 1. The van der Waals surface area contributed by atoms with Gasteiger partial charge in [0.25, 0.3) is 0 Å². The van der Waals surface area contributed by atoms with Crippen LogP contribution in [0.4, 0.5) is 0 Å². The van der Waals surface area contributed by atoms with Gasteiger partial charge in [0, 0.05) is 19.1 Å². The van der Waals surface area contributed by atoms with Gasteiger partial charge in [-0.2, -0.15) is 0 Å². The molecule has 156 valence electrons. The standard InChI is InChI=1S/C26H29NO3/c1-29-23-14-12-20(13-15-23)16-24-26(30-19-22-10-6-3-7-11-22)25(28)18-27(24)17-21-8-4-2-5-9-21/h2-15,24-26,28H,16-19H2,1H3/t24-,25+,26+/m1/s1. The van der Waals surface area contributed by atoms with Crippen molar-refractivity contribution in [2.24, 2.45) is 0 Å². The average molecular weight is 404 g/mol. The summed E-state index contributed by atoms with van der Waals surface area (Å²) in [4.78, 5) is 2.35. The number of β-amino-alcohol motifs (C(OH)–C–C–N with tert-alkyl or cyclic N) is 1. The van der Waals surface area contributed by atoms with Crippen molar-refractivity contribution in [3.05, 3.63) is 102 Å². The normalized spacial score (nSPS) is 21.6. The lowest BCUT2D eigenvalue weighted by Gasteiger charge is -2.28. The van der Waals surface area contributed by atoms with Gasteiger partial charge < -0.3 is 14.6 Å². The van der Waals surface area contributed by atoms with Crippen molar-refractivity contribution in [3.8, 4) is 5.75 Å². The third-order valence-electron chi connectivity index (χ3n) is 5.77. The molecule has 1 fully saturated rings. The molecule has 0 saturated carbocycles. The minimum Gasteiger partial charge on any atom is -0.497 e. The summed E-state index contributed by atoms with van der Waals surface area (Å²) in [5, 5.41) is 10.9. The second kappa shape index (κ2) is 9.90. The molecule has 1 heterocycles. The topological polar surface area (TPSA) is 41.9 Å². The largest absolute Gasteiger partial charge is 0.497 e. The van der Waals surface area contributed by atoms with Gasteiger partial charge in [-0.05, 0) is 35.2 Å². The molecule has 0 radical (unpaired) electrons. The molecule has 30 heavy (non-hydrogen) atoms. The van der Waals surface area contributed by atoms with Crippen molar-refractivity contribution in [2.45, 2.75) is 37.8 Å². The first kappa shape index (κ1) is 20.6. The van der Waals surface area contributed by atoms with Crippen LogP contribution in [0, 0.1) is 0 Å². The third-order valence-corrected chi connectivity index (χ3v) is 5.77. The van der Waals surface area contributed by atoms with Gasteiger partial charge in [-0.15, -0.1) is 0 Å². The Hall–Kier alpha value is -2.66. The lowest BCUT2D eigenvalue weighted by atomic mass is 10.0. The Morgan fingerprint density at radius 3 is 2.10 bits per heavy atom. The van der Waals surface area contributed by atoms with Gasteiger partial charge in [-0.3, -0.25) is 4.90 Å². The van der Waals surface area contributed by atoms with Crippen molar-refractivity contribution in [1.29, 1.82) is 0 Å². The average Bonchev–Trinajstić information content (AvgIpc) is 3.08. The van der Waals surface area contributed by atoms with Gasteiger partial charge in [0.05, 0.1) is 19.8 Å². The van der Waals surface area contributed by atoms with Gasteiger partial charge in [0.2, 0.25) is 0 Å². The molecule has 4 rings (SSSR count). The highest BCUT2D eigenvalue weighted by atomic mass is 16.5. The molecular formula is C26H29NO3. The molecule has 0 spiro atoms. The smallest absolute Gasteiger partial charge is 0.118 e. The van der Waals surface area contributed by atoms with Crippen LogP contribution in [-0.4, -0.2) is 41.9 Å². The number of aliphatic hydroxyl groups is 1. The molecule has 4 nitrogen and oxygen atoms in total. The number of nitrogens with zero attached hydrogens (tertiary/aromatic N) is 1. The van der Waals surface area contributed by atoms with Crippen LogP contribution < -0.4 is 4.74 Å². The maximum atomic E-state index is 10.9. The molecule has 1 aliphatic rings. The lowest BCUT2D eigenvalue weighted by Crippen LogP contribution is -2.39. The van der Waals surface area contributed by atoms with Crippen LogP contribution in [-0.2, 0) is 24.3 Å². The molecule has 0 amide bonds. The Morgan fingerprint density at radius 1 is 0.833 bits per heavy atom. The summed E-state index contributed by atoms with van der Waals surface area (Å²) in [6.45, 7) is 1.90. The zero-order valence-corrected chi connectivity index (χ0v) is 17.4. The zero-order valence-electron chi connectivity index (χ0n) is 17.4. The van der Waals surface area contributed by atoms with E-state index in [-0.39, 0.29) is 12.1 Å². The van der Waals surface area contributed by atoms with Crippen molar-refractivity contribution in [3.63, 3.8) is 0 Å². The molecule has 0 unspecified atom stereocenters. The van der Waals surface area contributed by atoms with Crippen molar-refractivity contribution in [1.82, 2.24) is 4.90 Å². The Balaban J connectivity index is 1.52. The van der Waals surface area contributed by atoms with Crippen molar-refractivity contribution < 1.29 is 14.6 Å². The fourth-order valence-electron chi connectivity index (χ4n) is 4.18. The Morgan fingerprint density at radius 2 is 1.47 bits per heavy atom. The third kappa shape index (κ3) is 5.08. The SMILES string of the molecule is COc1ccc(C[C@@H]2[C@H](OCc3ccccc3)[C@@H](O)CN2Cc2ccccc2)cc1. The highest BCUT2D eigenvalue weighted by Gasteiger charge is 2.41. The molecule has 0 bridgehead atoms. The minimum absolute atomic E-state index is 0.0947. The highest BCUT2D eigenvalue weighted by Crippen LogP contribution is 2.28. The molecule has 1 N–H and O–H groups in total. The predicted octanol–water partition coefficient (Wildman–Crippen LogP) is 4.07. The summed E-state index contributed by atoms with van der Waals surface area (Å²) in [5.41, 5.74) is 3.57. The van der Waals surface area contributed by atoms with E-state index in [9.17, 15) is 5.11 Å². The van der Waals surface area contributed by atoms with E-state index in [0.29, 0.717) is 13.2 Å². The van der Waals surface area contributed by atoms with Crippen molar-refractivity contribution >= 4 is 0 Å². The van der Waals surface area contributed by atoms with E-state index in [4.69, 9.17) is 9.47 Å². The molecule has 1 saturated heterocycles. The molecule has 3 atom stereocenters. The van der Waals surface area contributed by atoms with Gasteiger partial charge in [-0.25, -0.2) is 0 Å². The molecule has 1 aliphatic heterocycles. The number of likely N-dealkylation sites (tertiary alicyclic amines) is 1. The zero-order chi connectivity index (χ0) is 20.8. The van der Waals surface area contributed by atoms with Crippen LogP contribution in [0.2, 0.25) is 0 Å². The number of hydrogen-bond donors (Lipinski definition) is 1. The fourth-order valence-corrected chi connectivity index (χ4v) is 4.18. The summed E-state index contributed by atoms with van der Waals surface area (Å²) >= 11 is 0. The van der Waals surface area contributed by atoms with Gasteiger partial charge in [-0.1, -0.05) is 72.8 Å². The van der Waals surface area contributed by atoms with E-state index in [1.54, 1.807) is 7.11 Å². The molecule has 3 aromatic rings. The Bertz CT molecular complexity index is 899. The monoisotopic (exact) mass is 403 g/mol. The second-order valence-corrected chi connectivity index (χ2v) is 7.86. The van der Waals surface area contributed by atoms with Gasteiger partial charge in [0.1, 0.15) is 11.9 Å². The summed E-state index contributed by atoms with van der Waals surface area (Å²) in [6.07, 6.45) is 0.0598. The maximum absolute atomic E-state index is 10.9. The lowest BCUT2D eigenvalue weighted by molar-refractivity contribution is -0.0364. The fraction of sp³-hybridized carbons (Fsp3) is 0.308. The van der Waals surface area contributed by atoms with Crippen molar-refractivity contribution in [2.75, 3.05) is 13.7 Å². The quantitative estimate of drug-likeness (QED) is 0.616. The number of ether oxygens (including phenoxy) is 2. The van der Waals surface area contributed by atoms with Crippen LogP contribution in [0.15, 0.2) is 84.9 Å². The molecule has 0 aromatic heterocycles. The second-order valence-electron chi connectivity index (χ2n) is 7.86. The van der Waals surface area contributed by atoms with Crippen LogP contribution in [0.3, 0.4) is 0 Å². The Labute approximate surface area is 178 Å². The summed E-state index contributed by atoms with van der Waals surface area (Å²) in [7, 11) is 1.68. The summed E-state index contributed by atoms with van der Waals surface area (Å²) in [5.74, 6) is 0.850. The number of benzene rings is 3. The van der Waals surface area contributed by atoms with E-state index in [1.165, 1.54) is 11.1 Å². The van der Waals surface area contributed by atoms with E-state index in [1.807, 2.05) is 36.4 Å². The van der Waals surface area contributed by atoms with Crippen LogP contribution in [0.25, 0.3) is 0 Å². The maximum Gasteiger partial charge on any atom is 0.118 e. The first-order valence-corrected chi connectivity index (χ1v) is 10.5. The minimum atomic E-state index is -0.513. The highest BCUT2D eigenvalue weighted by molar-refractivity contribution is 5.28. The van der Waals surface area contributed by atoms with Crippen LogP contribution >= 0.6 is 0 Å². The number of rotatable bonds is 8. The Kier molecular flexibility index (Phi) is 6.80. The van der Waals surface area contributed by atoms with E-state index in [2.05, 4.69) is 53.4 Å². The van der Waals surface area contributed by atoms with E-state index >= 15 is 0 Å². The van der Waals surface area contributed by atoms with Gasteiger partial charge >= 0.3 is 0 Å². The number of hydrogen-bond acceptors (Lipinski definition) is 4. The van der Waals surface area contributed by atoms with Crippen LogP contribution in [0.1, 0.15) is 16.7 Å². The van der Waals surface area contributed by atoms with Crippen LogP contribution in [0.5, 0.6) is 5.75 Å². The summed E-state index contributed by atoms with van der Waals surface area (Å²) in [6, 6.07) is 28.8. The van der Waals surface area contributed by atoms with Gasteiger partial charge in [0.15, 0.2) is 0 Å². The molecule has 0 aliphatic carbocycles. The van der Waals surface area contributed by atoms with E-state index in [0.717, 1.165) is 24.3 Å². The molecular weight excluding hydrogens is 374 g/mol. The first-order valence-electron chi connectivity index (χ1n) is 10.5. The molecule has 4 heteroatoms. The summed E-state index contributed by atoms with van der Waals surface area (Å²) < 4.78 is 11.6.